The lowest BCUT2D eigenvalue weighted by Gasteiger charge is -2.37. The Morgan fingerprint density at radius 1 is 1.00 bits per heavy atom. The van der Waals surface area contributed by atoms with E-state index in [1.54, 1.807) is 18.2 Å². The van der Waals surface area contributed by atoms with Crippen molar-refractivity contribution >= 4 is 23.4 Å². The fraction of sp³-hybridized carbons (Fsp3) is 0.385. The number of Topliss-reactive ketones (excluding diaryl/α,β-unsaturated/α-hetero) is 1. The van der Waals surface area contributed by atoms with Gasteiger partial charge in [-0.05, 0) is 73.3 Å². The molecule has 2 bridgehead atoms. The Balaban J connectivity index is 1.15. The van der Waals surface area contributed by atoms with E-state index in [1.807, 2.05) is 26.0 Å². The van der Waals surface area contributed by atoms with Crippen LogP contribution in [0.25, 0.3) is 0 Å². The molecule has 3 fully saturated rings. The molecular formula is C26H24N2O4. The molecule has 2 amide bonds. The van der Waals surface area contributed by atoms with Crippen molar-refractivity contribution in [1.29, 1.82) is 0 Å². The Hall–Kier alpha value is -3.28. The van der Waals surface area contributed by atoms with Gasteiger partial charge in [-0.1, -0.05) is 24.3 Å². The van der Waals surface area contributed by atoms with Gasteiger partial charge in [0.15, 0.2) is 12.4 Å². The monoisotopic (exact) mass is 428 g/mol. The third-order valence-electron chi connectivity index (χ3n) is 7.81. The molecule has 2 aromatic rings. The van der Waals surface area contributed by atoms with Crippen LogP contribution in [0.2, 0.25) is 0 Å². The van der Waals surface area contributed by atoms with E-state index in [2.05, 4.69) is 17.1 Å². The number of pyridine rings is 1. The first-order valence-corrected chi connectivity index (χ1v) is 11.2. The van der Waals surface area contributed by atoms with Crippen LogP contribution in [0.3, 0.4) is 0 Å². The number of carbonyl (C=O) groups excluding carboxylic acids is 3. The van der Waals surface area contributed by atoms with Gasteiger partial charge in [-0.15, -0.1) is 0 Å². The van der Waals surface area contributed by atoms with Crippen LogP contribution in [-0.2, 0) is 9.59 Å². The van der Waals surface area contributed by atoms with Crippen molar-refractivity contribution in [3.63, 3.8) is 0 Å². The van der Waals surface area contributed by atoms with Gasteiger partial charge in [-0.25, -0.2) is 9.88 Å². The topological polar surface area (TPSA) is 76.6 Å². The number of carbonyl (C=O) groups is 3. The zero-order chi connectivity index (χ0) is 22.1. The fourth-order valence-corrected chi connectivity index (χ4v) is 5.92. The lowest BCUT2D eigenvalue weighted by molar-refractivity contribution is -0.124. The number of benzene rings is 1. The first kappa shape index (κ1) is 19.4. The molecule has 6 nitrogen and oxygen atoms in total. The number of nitrogens with zero attached hydrogens (tertiary/aromatic N) is 2. The maximum Gasteiger partial charge on any atom is 0.239 e. The second kappa shape index (κ2) is 6.86. The van der Waals surface area contributed by atoms with Crippen molar-refractivity contribution in [3.05, 3.63) is 65.4 Å². The molecular weight excluding hydrogens is 404 g/mol. The Labute approximate surface area is 186 Å². The number of ether oxygens (including phenoxy) is 1. The van der Waals surface area contributed by atoms with E-state index in [9.17, 15) is 14.4 Å². The molecule has 2 saturated carbocycles. The molecule has 0 spiro atoms. The van der Waals surface area contributed by atoms with E-state index >= 15 is 0 Å². The van der Waals surface area contributed by atoms with Gasteiger partial charge in [0, 0.05) is 5.56 Å². The smallest absolute Gasteiger partial charge is 0.239 e. The van der Waals surface area contributed by atoms with E-state index in [4.69, 9.17) is 4.74 Å². The quantitative estimate of drug-likeness (QED) is 0.414. The lowest BCUT2D eigenvalue weighted by atomic mass is 9.63. The van der Waals surface area contributed by atoms with Crippen molar-refractivity contribution in [2.75, 3.05) is 11.5 Å². The van der Waals surface area contributed by atoms with Crippen LogP contribution in [0.5, 0.6) is 5.75 Å². The summed E-state index contributed by atoms with van der Waals surface area (Å²) in [6.45, 7) is 3.87. The number of aromatic nitrogens is 1. The van der Waals surface area contributed by atoms with Crippen molar-refractivity contribution in [2.45, 2.75) is 20.3 Å². The van der Waals surface area contributed by atoms with Gasteiger partial charge in [0.25, 0.3) is 0 Å². The van der Waals surface area contributed by atoms with Crippen LogP contribution in [0.15, 0.2) is 48.7 Å². The fourth-order valence-electron chi connectivity index (χ4n) is 5.92. The molecule has 162 valence electrons. The number of hydrogen-bond acceptors (Lipinski definition) is 5. The predicted octanol–water partition coefficient (Wildman–Crippen LogP) is 3.52. The van der Waals surface area contributed by atoms with Gasteiger partial charge in [0.2, 0.25) is 11.8 Å². The van der Waals surface area contributed by atoms with E-state index in [-0.39, 0.29) is 47.9 Å². The predicted molar refractivity (Wildman–Crippen MR) is 117 cm³/mol. The summed E-state index contributed by atoms with van der Waals surface area (Å²) in [6.07, 6.45) is 6.92. The zero-order valence-corrected chi connectivity index (χ0v) is 18.0. The number of aryl methyl sites for hydroxylation is 2. The molecule has 4 aliphatic carbocycles. The number of imide groups is 1. The molecule has 32 heavy (non-hydrogen) atoms. The second-order valence-corrected chi connectivity index (χ2v) is 9.53. The molecule has 7 rings (SSSR count). The van der Waals surface area contributed by atoms with Crippen LogP contribution in [0.1, 0.15) is 27.9 Å². The maximum absolute atomic E-state index is 13.2. The molecule has 0 N–H and O–H groups in total. The zero-order valence-electron chi connectivity index (χ0n) is 18.0. The minimum atomic E-state index is -0.241. The minimum Gasteiger partial charge on any atom is -0.484 e. The van der Waals surface area contributed by atoms with Crippen LogP contribution in [0, 0.1) is 49.4 Å². The highest BCUT2D eigenvalue weighted by molar-refractivity contribution is 6.22. The molecule has 2 heterocycles. The molecule has 6 heteroatoms. The lowest BCUT2D eigenvalue weighted by Crippen LogP contribution is -2.40. The number of allylic oxidation sites excluding steroid dienone is 2. The highest BCUT2D eigenvalue weighted by Crippen LogP contribution is 2.65. The van der Waals surface area contributed by atoms with Gasteiger partial charge in [0.05, 0.1) is 18.0 Å². The standard InChI is InChI=1S/C26H24N2O4/c1-13-3-4-15(9-14(13)2)21(29)12-32-16-5-8-22(27-11-16)28-25(30)23-17-6-7-18(20-10-19(17)20)24(23)26(28)31/h3-9,11,17-20,23-24H,10,12H2,1-2H3. The number of rotatable bonds is 5. The molecule has 1 aliphatic heterocycles. The molecule has 1 saturated heterocycles. The summed E-state index contributed by atoms with van der Waals surface area (Å²) in [5.74, 6) is 1.41. The van der Waals surface area contributed by atoms with Gasteiger partial charge in [-0.3, -0.25) is 14.4 Å². The average Bonchev–Trinajstić information content (AvgIpc) is 3.58. The highest BCUT2D eigenvalue weighted by Gasteiger charge is 2.67. The Morgan fingerprint density at radius 3 is 2.28 bits per heavy atom. The molecule has 6 unspecified atom stereocenters. The summed E-state index contributed by atoms with van der Waals surface area (Å²) < 4.78 is 5.61. The summed E-state index contributed by atoms with van der Waals surface area (Å²) in [4.78, 5) is 44.4. The summed E-state index contributed by atoms with van der Waals surface area (Å²) in [5.41, 5.74) is 2.80. The summed E-state index contributed by atoms with van der Waals surface area (Å²) in [7, 11) is 0. The van der Waals surface area contributed by atoms with E-state index in [0.29, 0.717) is 29.0 Å². The Bertz CT molecular complexity index is 1150. The van der Waals surface area contributed by atoms with Crippen LogP contribution < -0.4 is 9.64 Å². The largest absolute Gasteiger partial charge is 0.484 e. The van der Waals surface area contributed by atoms with Crippen molar-refractivity contribution in [3.8, 4) is 5.75 Å². The summed E-state index contributed by atoms with van der Waals surface area (Å²) in [5, 5.41) is 0. The summed E-state index contributed by atoms with van der Waals surface area (Å²) >= 11 is 0. The Morgan fingerprint density at radius 2 is 1.69 bits per heavy atom. The normalized spacial score (nSPS) is 31.5. The first-order chi connectivity index (χ1) is 15.4. The SMILES string of the molecule is Cc1ccc(C(=O)COc2ccc(N3C(=O)C4C5C=CC(C6CC56)C4C3=O)nc2)cc1C. The maximum atomic E-state index is 13.2. The van der Waals surface area contributed by atoms with Crippen molar-refractivity contribution < 1.29 is 19.1 Å². The summed E-state index contributed by atoms with van der Waals surface area (Å²) in [6, 6.07) is 8.86. The molecule has 6 atom stereocenters. The number of hydrogen-bond donors (Lipinski definition) is 0. The third-order valence-corrected chi connectivity index (χ3v) is 7.81. The average molecular weight is 428 g/mol. The van der Waals surface area contributed by atoms with Gasteiger partial charge < -0.3 is 4.74 Å². The number of anilines is 1. The van der Waals surface area contributed by atoms with Crippen molar-refractivity contribution in [2.24, 2.45) is 35.5 Å². The van der Waals surface area contributed by atoms with Crippen LogP contribution in [0.4, 0.5) is 5.82 Å². The highest BCUT2D eigenvalue weighted by atomic mass is 16.5. The molecule has 1 aromatic heterocycles. The number of ketones is 1. The minimum absolute atomic E-state index is 0.104. The third kappa shape index (κ3) is 2.78. The van der Waals surface area contributed by atoms with Crippen LogP contribution in [-0.4, -0.2) is 29.2 Å². The second-order valence-electron chi connectivity index (χ2n) is 9.53. The number of amides is 2. The van der Waals surface area contributed by atoms with E-state index in [0.717, 1.165) is 17.5 Å². The van der Waals surface area contributed by atoms with E-state index < -0.39 is 0 Å². The van der Waals surface area contributed by atoms with Crippen LogP contribution >= 0.6 is 0 Å². The molecule has 1 aromatic carbocycles. The van der Waals surface area contributed by atoms with Crippen molar-refractivity contribution in [1.82, 2.24) is 4.98 Å². The molecule has 5 aliphatic rings. The van der Waals surface area contributed by atoms with Gasteiger partial charge in [-0.2, -0.15) is 0 Å². The Kier molecular flexibility index (Phi) is 4.16. The first-order valence-electron chi connectivity index (χ1n) is 11.2. The van der Waals surface area contributed by atoms with Gasteiger partial charge >= 0.3 is 0 Å². The van der Waals surface area contributed by atoms with E-state index in [1.165, 1.54) is 11.1 Å². The molecule has 0 radical (unpaired) electrons. The van der Waals surface area contributed by atoms with Gasteiger partial charge in [0.1, 0.15) is 11.6 Å².